The lowest BCUT2D eigenvalue weighted by Crippen LogP contribution is -2.45. The zero-order valence-electron chi connectivity index (χ0n) is 11.8. The van der Waals surface area contributed by atoms with E-state index in [1.54, 1.807) is 0 Å². The number of aromatic hydroxyl groups is 1. The molecule has 0 radical (unpaired) electrons. The third-order valence-electron chi connectivity index (χ3n) is 3.89. The molecular weight excluding hydrogens is 240 g/mol. The second-order valence-electron chi connectivity index (χ2n) is 5.32. The lowest BCUT2D eigenvalue weighted by Gasteiger charge is -2.35. The van der Waals surface area contributed by atoms with Gasteiger partial charge in [-0.3, -0.25) is 4.90 Å². The summed E-state index contributed by atoms with van der Waals surface area (Å²) in [4.78, 5) is 2.41. The first-order valence-electron chi connectivity index (χ1n) is 6.99. The summed E-state index contributed by atoms with van der Waals surface area (Å²) in [7, 11) is 0. The average molecular weight is 264 g/mol. The fourth-order valence-corrected chi connectivity index (χ4v) is 2.86. The van der Waals surface area contributed by atoms with E-state index in [2.05, 4.69) is 10.2 Å². The molecule has 0 amide bonds. The van der Waals surface area contributed by atoms with Gasteiger partial charge in [0.1, 0.15) is 5.75 Å². The van der Waals surface area contributed by atoms with E-state index in [0.717, 1.165) is 43.7 Å². The average Bonchev–Trinajstić information content (AvgIpc) is 2.42. The highest BCUT2D eigenvalue weighted by molar-refractivity contribution is 5.43. The molecule has 1 heterocycles. The Labute approximate surface area is 115 Å². The predicted octanol–water partition coefficient (Wildman–Crippen LogP) is 1.34. The Morgan fingerprint density at radius 3 is 2.32 bits per heavy atom. The summed E-state index contributed by atoms with van der Waals surface area (Å²) >= 11 is 0. The van der Waals surface area contributed by atoms with Crippen LogP contribution in [0.15, 0.2) is 12.1 Å². The van der Waals surface area contributed by atoms with Crippen molar-refractivity contribution < 1.29 is 10.2 Å². The van der Waals surface area contributed by atoms with E-state index < -0.39 is 0 Å². The van der Waals surface area contributed by atoms with Crippen molar-refractivity contribution in [3.63, 3.8) is 0 Å². The summed E-state index contributed by atoms with van der Waals surface area (Å²) in [5.74, 6) is 0.381. The Morgan fingerprint density at radius 1 is 1.21 bits per heavy atom. The van der Waals surface area contributed by atoms with Crippen molar-refractivity contribution in [1.29, 1.82) is 0 Å². The normalized spacial score (nSPS) is 18.5. The van der Waals surface area contributed by atoms with E-state index in [0.29, 0.717) is 5.75 Å². The molecule has 0 unspecified atom stereocenters. The first-order valence-corrected chi connectivity index (χ1v) is 6.99. The minimum absolute atomic E-state index is 0.188. The van der Waals surface area contributed by atoms with Crippen molar-refractivity contribution in [3.8, 4) is 5.75 Å². The highest BCUT2D eigenvalue weighted by atomic mass is 16.3. The Hall–Kier alpha value is -1.10. The molecule has 2 rings (SSSR count). The Balaban J connectivity index is 2.27. The van der Waals surface area contributed by atoms with Gasteiger partial charge in [-0.2, -0.15) is 0 Å². The van der Waals surface area contributed by atoms with E-state index >= 15 is 0 Å². The van der Waals surface area contributed by atoms with Gasteiger partial charge in [0.25, 0.3) is 0 Å². The molecule has 4 nitrogen and oxygen atoms in total. The lowest BCUT2D eigenvalue weighted by molar-refractivity contribution is 0.141. The second kappa shape index (κ2) is 6.37. The number of aliphatic hydroxyl groups excluding tert-OH is 1. The van der Waals surface area contributed by atoms with Gasteiger partial charge in [0, 0.05) is 38.8 Å². The van der Waals surface area contributed by atoms with Gasteiger partial charge in [-0.15, -0.1) is 0 Å². The van der Waals surface area contributed by atoms with Crippen molar-refractivity contribution in [1.82, 2.24) is 10.2 Å². The number of benzene rings is 1. The fraction of sp³-hybridized carbons (Fsp3) is 0.600. The van der Waals surface area contributed by atoms with E-state index in [1.807, 2.05) is 26.0 Å². The largest absolute Gasteiger partial charge is 0.507 e. The van der Waals surface area contributed by atoms with Crippen LogP contribution in [0, 0.1) is 13.8 Å². The van der Waals surface area contributed by atoms with Crippen molar-refractivity contribution in [3.05, 3.63) is 28.8 Å². The molecule has 1 saturated heterocycles. The third kappa shape index (κ3) is 3.26. The minimum atomic E-state index is 0.188. The molecule has 0 saturated carbocycles. The summed E-state index contributed by atoms with van der Waals surface area (Å²) in [6, 6.07) is 4.33. The number of rotatable bonds is 4. The van der Waals surface area contributed by atoms with Crippen molar-refractivity contribution in [2.45, 2.75) is 26.3 Å². The summed E-state index contributed by atoms with van der Waals surface area (Å²) in [6.07, 6.45) is 0.740. The highest BCUT2D eigenvalue weighted by Crippen LogP contribution is 2.30. The van der Waals surface area contributed by atoms with E-state index in [1.165, 1.54) is 5.56 Å². The van der Waals surface area contributed by atoms with Crippen LogP contribution < -0.4 is 5.32 Å². The number of aryl methyl sites for hydroxylation is 2. The van der Waals surface area contributed by atoms with E-state index in [-0.39, 0.29) is 12.6 Å². The van der Waals surface area contributed by atoms with Crippen LogP contribution in [0.3, 0.4) is 0 Å². The van der Waals surface area contributed by atoms with Crippen molar-refractivity contribution in [2.24, 2.45) is 0 Å². The zero-order chi connectivity index (χ0) is 13.8. The third-order valence-corrected chi connectivity index (χ3v) is 3.89. The number of aliphatic hydroxyl groups is 1. The number of phenols is 1. The molecule has 1 fully saturated rings. The second-order valence-corrected chi connectivity index (χ2v) is 5.32. The Kier molecular flexibility index (Phi) is 4.80. The van der Waals surface area contributed by atoms with Gasteiger partial charge in [0.2, 0.25) is 0 Å². The first-order chi connectivity index (χ1) is 9.13. The van der Waals surface area contributed by atoms with Crippen LogP contribution in [-0.2, 0) is 0 Å². The van der Waals surface area contributed by atoms with Crippen molar-refractivity contribution in [2.75, 3.05) is 32.8 Å². The van der Waals surface area contributed by atoms with Gasteiger partial charge in [-0.25, -0.2) is 0 Å². The smallest absolute Gasteiger partial charge is 0.121 e. The van der Waals surface area contributed by atoms with E-state index in [9.17, 15) is 10.2 Å². The molecule has 1 atom stereocenters. The van der Waals surface area contributed by atoms with E-state index in [4.69, 9.17) is 0 Å². The molecule has 19 heavy (non-hydrogen) atoms. The topological polar surface area (TPSA) is 55.7 Å². The molecule has 1 aromatic carbocycles. The van der Waals surface area contributed by atoms with Crippen molar-refractivity contribution >= 4 is 0 Å². The van der Waals surface area contributed by atoms with Crippen LogP contribution in [0.25, 0.3) is 0 Å². The molecular formula is C15H24N2O2. The predicted molar refractivity (Wildman–Crippen MR) is 76.5 cm³/mol. The summed E-state index contributed by atoms with van der Waals surface area (Å²) in [5, 5.41) is 22.6. The molecule has 1 aliphatic heterocycles. The number of phenolic OH excluding ortho intramolecular Hbond substituents is 1. The van der Waals surface area contributed by atoms with Gasteiger partial charge >= 0.3 is 0 Å². The molecule has 4 heteroatoms. The van der Waals surface area contributed by atoms with Crippen LogP contribution in [0.1, 0.15) is 29.2 Å². The van der Waals surface area contributed by atoms with Gasteiger partial charge in [-0.05, 0) is 37.0 Å². The number of hydrogen-bond donors (Lipinski definition) is 3. The van der Waals surface area contributed by atoms with Crippen LogP contribution >= 0.6 is 0 Å². The molecule has 0 bridgehead atoms. The van der Waals surface area contributed by atoms with Crippen LogP contribution in [0.2, 0.25) is 0 Å². The summed E-state index contributed by atoms with van der Waals surface area (Å²) < 4.78 is 0. The highest BCUT2D eigenvalue weighted by Gasteiger charge is 2.22. The van der Waals surface area contributed by atoms with Gasteiger partial charge in [0.15, 0.2) is 0 Å². The van der Waals surface area contributed by atoms with Crippen LogP contribution in [0.5, 0.6) is 5.75 Å². The summed E-state index contributed by atoms with van der Waals surface area (Å²) in [5.41, 5.74) is 3.02. The molecule has 0 aromatic heterocycles. The molecule has 1 aliphatic rings. The van der Waals surface area contributed by atoms with Gasteiger partial charge in [-0.1, -0.05) is 12.1 Å². The first kappa shape index (κ1) is 14.3. The Morgan fingerprint density at radius 2 is 1.79 bits per heavy atom. The maximum Gasteiger partial charge on any atom is 0.121 e. The standard InChI is InChI=1S/C15H24N2O2/c1-11-9-13(10-12(2)15(11)19)14(3-8-18)17-6-4-16-5-7-17/h9-10,14,16,18-19H,3-8H2,1-2H3/t14-/m0/s1. The maximum absolute atomic E-state index is 9.88. The Bertz CT molecular complexity index is 405. The van der Waals surface area contributed by atoms with Gasteiger partial charge < -0.3 is 15.5 Å². The fourth-order valence-electron chi connectivity index (χ4n) is 2.86. The number of hydrogen-bond acceptors (Lipinski definition) is 4. The lowest BCUT2D eigenvalue weighted by atomic mass is 9.96. The van der Waals surface area contributed by atoms with Crippen LogP contribution in [0.4, 0.5) is 0 Å². The number of nitrogens with zero attached hydrogens (tertiary/aromatic N) is 1. The van der Waals surface area contributed by atoms with Crippen LogP contribution in [-0.4, -0.2) is 47.9 Å². The molecule has 1 aromatic rings. The number of piperazine rings is 1. The molecule has 0 spiro atoms. The maximum atomic E-state index is 9.88. The monoisotopic (exact) mass is 264 g/mol. The molecule has 106 valence electrons. The minimum Gasteiger partial charge on any atom is -0.507 e. The SMILES string of the molecule is Cc1cc([C@H](CCO)N2CCNCC2)cc(C)c1O. The quantitative estimate of drug-likeness (QED) is 0.768. The zero-order valence-corrected chi connectivity index (χ0v) is 11.8. The number of nitrogens with one attached hydrogen (secondary N) is 1. The molecule has 0 aliphatic carbocycles. The van der Waals surface area contributed by atoms with Gasteiger partial charge in [0.05, 0.1) is 0 Å². The summed E-state index contributed by atoms with van der Waals surface area (Å²) in [6.45, 7) is 8.05. The molecule has 3 N–H and O–H groups in total.